The van der Waals surface area contributed by atoms with Gasteiger partial charge in [-0.05, 0) is 6.08 Å². The lowest BCUT2D eigenvalue weighted by molar-refractivity contribution is -0.145. The largest absolute Gasteiger partial charge is 0.479 e. The second kappa shape index (κ2) is 3.43. The summed E-state index contributed by atoms with van der Waals surface area (Å²) in [6.07, 6.45) is 6.86. The predicted octanol–water partition coefficient (Wildman–Crippen LogP) is 0.462. The van der Waals surface area contributed by atoms with Crippen LogP contribution >= 0.6 is 0 Å². The summed E-state index contributed by atoms with van der Waals surface area (Å²) in [6.45, 7) is 1.30. The molecule has 0 aromatic heterocycles. The second-order valence-corrected chi connectivity index (χ2v) is 2.95. The number of hydrogen-bond acceptors (Lipinski definition) is 2. The molecule has 0 heterocycles. The average molecular weight is 181 g/mol. The van der Waals surface area contributed by atoms with Crippen LogP contribution in [0.15, 0.2) is 24.3 Å². The van der Waals surface area contributed by atoms with Gasteiger partial charge in [0.05, 0.1) is 0 Å². The summed E-state index contributed by atoms with van der Waals surface area (Å²) < 4.78 is 0. The lowest BCUT2D eigenvalue weighted by Gasteiger charge is -2.26. The highest BCUT2D eigenvalue weighted by Gasteiger charge is 2.36. The van der Waals surface area contributed by atoms with Crippen molar-refractivity contribution < 1.29 is 14.7 Å². The van der Waals surface area contributed by atoms with Crippen LogP contribution in [-0.4, -0.2) is 22.5 Å². The molecule has 0 aromatic carbocycles. The van der Waals surface area contributed by atoms with Gasteiger partial charge in [-0.1, -0.05) is 18.2 Å². The Hall–Kier alpha value is -1.58. The van der Waals surface area contributed by atoms with Gasteiger partial charge in [-0.25, -0.2) is 4.79 Å². The monoisotopic (exact) mass is 181 g/mol. The van der Waals surface area contributed by atoms with E-state index >= 15 is 0 Å². The number of aliphatic carboxylic acids is 1. The molecule has 0 fully saturated rings. The van der Waals surface area contributed by atoms with Crippen LogP contribution in [0.4, 0.5) is 0 Å². The highest BCUT2D eigenvalue weighted by molar-refractivity contribution is 5.88. The number of nitrogens with one attached hydrogen (secondary N) is 1. The molecule has 1 unspecified atom stereocenters. The zero-order chi connectivity index (χ0) is 9.90. The highest BCUT2D eigenvalue weighted by Crippen LogP contribution is 2.17. The predicted molar refractivity (Wildman–Crippen MR) is 47.1 cm³/mol. The molecule has 0 spiro atoms. The summed E-state index contributed by atoms with van der Waals surface area (Å²) in [4.78, 5) is 21.7. The van der Waals surface area contributed by atoms with E-state index in [1.54, 1.807) is 18.2 Å². The van der Waals surface area contributed by atoms with Gasteiger partial charge in [0.25, 0.3) is 0 Å². The van der Waals surface area contributed by atoms with E-state index in [1.165, 1.54) is 13.0 Å². The maximum atomic E-state index is 10.9. The van der Waals surface area contributed by atoms with Gasteiger partial charge in [0.1, 0.15) is 0 Å². The molecule has 70 valence electrons. The molecule has 1 aliphatic carbocycles. The summed E-state index contributed by atoms with van der Waals surface area (Å²) >= 11 is 0. The van der Waals surface area contributed by atoms with Crippen LogP contribution in [0.25, 0.3) is 0 Å². The molecule has 2 N–H and O–H groups in total. The fourth-order valence-electron chi connectivity index (χ4n) is 1.24. The molecule has 1 rings (SSSR count). The first kappa shape index (κ1) is 9.51. The Morgan fingerprint density at radius 3 is 2.54 bits per heavy atom. The van der Waals surface area contributed by atoms with Crippen molar-refractivity contribution in [2.24, 2.45) is 0 Å². The van der Waals surface area contributed by atoms with Crippen LogP contribution in [0.3, 0.4) is 0 Å². The minimum absolute atomic E-state index is 0.290. The summed E-state index contributed by atoms with van der Waals surface area (Å²) in [7, 11) is 0. The van der Waals surface area contributed by atoms with Gasteiger partial charge in [0.2, 0.25) is 5.91 Å². The Balaban J connectivity index is 2.88. The van der Waals surface area contributed by atoms with Crippen molar-refractivity contribution in [3.8, 4) is 0 Å². The smallest absolute Gasteiger partial charge is 0.333 e. The van der Waals surface area contributed by atoms with Crippen LogP contribution in [-0.2, 0) is 9.59 Å². The molecule has 4 heteroatoms. The maximum absolute atomic E-state index is 10.9. The van der Waals surface area contributed by atoms with Crippen molar-refractivity contribution in [1.29, 1.82) is 0 Å². The number of allylic oxidation sites excluding steroid dienone is 2. The summed E-state index contributed by atoms with van der Waals surface area (Å²) in [5.41, 5.74) is -1.25. The van der Waals surface area contributed by atoms with Gasteiger partial charge in [0, 0.05) is 13.3 Å². The van der Waals surface area contributed by atoms with E-state index in [9.17, 15) is 9.59 Å². The minimum atomic E-state index is -1.25. The second-order valence-electron chi connectivity index (χ2n) is 2.95. The third kappa shape index (κ3) is 1.96. The van der Waals surface area contributed by atoms with E-state index < -0.39 is 11.5 Å². The third-order valence-electron chi connectivity index (χ3n) is 1.85. The van der Waals surface area contributed by atoms with Gasteiger partial charge in [-0.3, -0.25) is 4.79 Å². The first-order valence-electron chi connectivity index (χ1n) is 3.93. The number of hydrogen-bond donors (Lipinski definition) is 2. The van der Waals surface area contributed by atoms with Crippen molar-refractivity contribution in [3.63, 3.8) is 0 Å². The van der Waals surface area contributed by atoms with Crippen molar-refractivity contribution in [2.75, 3.05) is 0 Å². The standard InChI is InChI=1S/C9H11NO3/c1-7(11)10-9(8(12)13)5-3-2-4-6-9/h2-5H,6H2,1H3,(H,10,11)(H,12,13). The molecule has 0 bridgehead atoms. The third-order valence-corrected chi connectivity index (χ3v) is 1.85. The first-order chi connectivity index (χ1) is 6.07. The fraction of sp³-hybridized carbons (Fsp3) is 0.333. The van der Waals surface area contributed by atoms with Crippen molar-refractivity contribution >= 4 is 11.9 Å². The Labute approximate surface area is 75.9 Å². The van der Waals surface area contributed by atoms with Gasteiger partial charge < -0.3 is 10.4 Å². The molecule has 1 amide bonds. The van der Waals surface area contributed by atoms with E-state index in [-0.39, 0.29) is 5.91 Å². The number of carboxylic acid groups (broad SMARTS) is 1. The van der Waals surface area contributed by atoms with E-state index in [2.05, 4.69) is 5.32 Å². The molecule has 0 radical (unpaired) electrons. The van der Waals surface area contributed by atoms with Crippen molar-refractivity contribution in [2.45, 2.75) is 18.9 Å². The Kier molecular flexibility index (Phi) is 2.51. The molecule has 0 saturated carbocycles. The van der Waals surface area contributed by atoms with Crippen LogP contribution in [0.5, 0.6) is 0 Å². The number of carbonyl (C=O) groups excluding carboxylic acids is 1. The van der Waals surface area contributed by atoms with E-state index in [0.29, 0.717) is 6.42 Å². The molecule has 1 aliphatic rings. The molecular formula is C9H11NO3. The van der Waals surface area contributed by atoms with E-state index in [0.717, 1.165) is 0 Å². The fourth-order valence-corrected chi connectivity index (χ4v) is 1.24. The lowest BCUT2D eigenvalue weighted by atomic mass is 9.91. The molecule has 1 atom stereocenters. The van der Waals surface area contributed by atoms with Crippen LogP contribution in [0.2, 0.25) is 0 Å². The molecular weight excluding hydrogens is 170 g/mol. The Morgan fingerprint density at radius 2 is 2.15 bits per heavy atom. The van der Waals surface area contributed by atoms with Gasteiger partial charge in [-0.2, -0.15) is 0 Å². The highest BCUT2D eigenvalue weighted by atomic mass is 16.4. The Bertz CT molecular complexity index is 293. The number of carbonyl (C=O) groups is 2. The minimum Gasteiger partial charge on any atom is -0.479 e. The quantitative estimate of drug-likeness (QED) is 0.650. The molecule has 13 heavy (non-hydrogen) atoms. The first-order valence-corrected chi connectivity index (χ1v) is 3.93. The van der Waals surface area contributed by atoms with Crippen molar-refractivity contribution in [1.82, 2.24) is 5.32 Å². The molecule has 0 aliphatic heterocycles. The normalized spacial score (nSPS) is 25.6. The van der Waals surface area contributed by atoms with Crippen LogP contribution < -0.4 is 5.32 Å². The van der Waals surface area contributed by atoms with Crippen molar-refractivity contribution in [3.05, 3.63) is 24.3 Å². The Morgan fingerprint density at radius 1 is 1.46 bits per heavy atom. The molecule has 4 nitrogen and oxygen atoms in total. The summed E-state index contributed by atoms with van der Waals surface area (Å²) in [5.74, 6) is -1.38. The lowest BCUT2D eigenvalue weighted by Crippen LogP contribution is -2.52. The summed E-state index contributed by atoms with van der Waals surface area (Å²) in [6, 6.07) is 0. The average Bonchev–Trinajstić information content (AvgIpc) is 2.04. The van der Waals surface area contributed by atoms with Gasteiger partial charge in [-0.15, -0.1) is 0 Å². The van der Waals surface area contributed by atoms with E-state index in [4.69, 9.17) is 5.11 Å². The SMILES string of the molecule is CC(=O)NC1(C(=O)O)C=CC=CC1. The molecule has 0 saturated heterocycles. The van der Waals surface area contributed by atoms with Crippen LogP contribution in [0.1, 0.15) is 13.3 Å². The number of amides is 1. The molecule has 0 aromatic rings. The zero-order valence-electron chi connectivity index (χ0n) is 7.28. The van der Waals surface area contributed by atoms with Gasteiger partial charge in [0.15, 0.2) is 5.54 Å². The number of carboxylic acids is 1. The zero-order valence-corrected chi connectivity index (χ0v) is 7.28. The topological polar surface area (TPSA) is 66.4 Å². The van der Waals surface area contributed by atoms with E-state index in [1.807, 2.05) is 0 Å². The number of rotatable bonds is 2. The summed E-state index contributed by atoms with van der Waals surface area (Å²) in [5, 5.41) is 11.4. The van der Waals surface area contributed by atoms with Crippen LogP contribution in [0, 0.1) is 0 Å². The maximum Gasteiger partial charge on any atom is 0.333 e. The van der Waals surface area contributed by atoms with Gasteiger partial charge >= 0.3 is 5.97 Å².